The molecule has 1 saturated carbocycles. The van der Waals surface area contributed by atoms with Crippen LogP contribution in [0.15, 0.2) is 30.3 Å². The smallest absolute Gasteiger partial charge is 0.321 e. The number of anilines is 1. The Balaban J connectivity index is 1.28. The van der Waals surface area contributed by atoms with E-state index in [2.05, 4.69) is 22.2 Å². The Morgan fingerprint density at radius 1 is 0.933 bits per heavy atom. The van der Waals surface area contributed by atoms with Gasteiger partial charge in [-0.3, -0.25) is 4.79 Å². The maximum Gasteiger partial charge on any atom is 0.321 e. The predicted octanol–water partition coefficient (Wildman–Crippen LogP) is 3.26. The molecule has 3 heterocycles. The third kappa shape index (κ3) is 3.20. The lowest BCUT2D eigenvalue weighted by molar-refractivity contribution is -0.142. The Hall–Kier alpha value is -2.08. The summed E-state index contributed by atoms with van der Waals surface area (Å²) in [7, 11) is 2.17. The van der Waals surface area contributed by atoms with Gasteiger partial charge >= 0.3 is 6.03 Å². The van der Waals surface area contributed by atoms with Gasteiger partial charge in [0.25, 0.3) is 0 Å². The van der Waals surface area contributed by atoms with E-state index in [0.717, 1.165) is 83.5 Å². The molecule has 1 spiro atoms. The van der Waals surface area contributed by atoms with Gasteiger partial charge in [-0.05, 0) is 69.0 Å². The molecule has 4 fully saturated rings. The van der Waals surface area contributed by atoms with Crippen molar-refractivity contribution in [3.63, 3.8) is 0 Å². The molecule has 0 aromatic heterocycles. The number of urea groups is 1. The van der Waals surface area contributed by atoms with Gasteiger partial charge in [0.1, 0.15) is 0 Å². The van der Waals surface area contributed by atoms with Crippen molar-refractivity contribution in [2.45, 2.75) is 38.5 Å². The SMILES string of the molecule is CN1C[C@@H]2C3(CCN(C(=O)Nc4ccccc4)CC3)CC[C@@]2(C(=O)N2CCCC2)C1. The summed E-state index contributed by atoms with van der Waals surface area (Å²) < 4.78 is 0. The van der Waals surface area contributed by atoms with E-state index in [-0.39, 0.29) is 16.9 Å². The maximum absolute atomic E-state index is 13.6. The van der Waals surface area contributed by atoms with Gasteiger partial charge in [-0.1, -0.05) is 18.2 Å². The van der Waals surface area contributed by atoms with Gasteiger partial charge < -0.3 is 20.0 Å². The molecule has 1 aromatic rings. The van der Waals surface area contributed by atoms with Crippen LogP contribution in [0.4, 0.5) is 10.5 Å². The molecule has 1 N–H and O–H groups in total. The highest BCUT2D eigenvalue weighted by atomic mass is 16.2. The van der Waals surface area contributed by atoms with Crippen molar-refractivity contribution in [1.82, 2.24) is 14.7 Å². The molecule has 1 aliphatic carbocycles. The zero-order valence-corrected chi connectivity index (χ0v) is 18.1. The van der Waals surface area contributed by atoms with E-state index in [1.54, 1.807) is 0 Å². The number of rotatable bonds is 2. The van der Waals surface area contributed by atoms with Crippen LogP contribution >= 0.6 is 0 Å². The number of carbonyl (C=O) groups is 2. The molecule has 0 bridgehead atoms. The molecular formula is C24H34N4O2. The lowest BCUT2D eigenvalue weighted by atomic mass is 9.65. The first-order valence-electron chi connectivity index (χ1n) is 11.6. The molecule has 5 rings (SSSR count). The van der Waals surface area contributed by atoms with Crippen LogP contribution in [-0.4, -0.2) is 73.0 Å². The van der Waals surface area contributed by atoms with E-state index < -0.39 is 0 Å². The molecule has 2 atom stereocenters. The van der Waals surface area contributed by atoms with E-state index in [0.29, 0.717) is 11.8 Å². The number of amides is 3. The number of fused-ring (bicyclic) bond motifs is 2. The molecule has 3 aliphatic heterocycles. The summed E-state index contributed by atoms with van der Waals surface area (Å²) >= 11 is 0. The summed E-state index contributed by atoms with van der Waals surface area (Å²) in [5.74, 6) is 0.859. The monoisotopic (exact) mass is 410 g/mol. The molecule has 0 unspecified atom stereocenters. The summed E-state index contributed by atoms with van der Waals surface area (Å²) in [6.45, 7) is 5.39. The molecule has 1 aromatic carbocycles. The fraction of sp³-hybridized carbons (Fsp3) is 0.667. The van der Waals surface area contributed by atoms with E-state index >= 15 is 0 Å². The van der Waals surface area contributed by atoms with Crippen LogP contribution in [0.5, 0.6) is 0 Å². The van der Waals surface area contributed by atoms with Crippen molar-refractivity contribution in [3.05, 3.63) is 30.3 Å². The second kappa shape index (κ2) is 7.56. The highest BCUT2D eigenvalue weighted by Gasteiger charge is 2.64. The Morgan fingerprint density at radius 3 is 2.33 bits per heavy atom. The minimum absolute atomic E-state index is 0.00278. The second-order valence-electron chi connectivity index (χ2n) is 10.1. The zero-order valence-electron chi connectivity index (χ0n) is 18.1. The predicted molar refractivity (Wildman–Crippen MR) is 117 cm³/mol. The summed E-state index contributed by atoms with van der Waals surface area (Å²) in [5, 5.41) is 3.02. The van der Waals surface area contributed by atoms with E-state index in [9.17, 15) is 9.59 Å². The molecule has 4 aliphatic rings. The Morgan fingerprint density at radius 2 is 1.63 bits per heavy atom. The van der Waals surface area contributed by atoms with Crippen molar-refractivity contribution in [3.8, 4) is 0 Å². The van der Waals surface area contributed by atoms with Crippen LogP contribution in [0.1, 0.15) is 38.5 Å². The fourth-order valence-electron chi connectivity index (χ4n) is 6.86. The van der Waals surface area contributed by atoms with Gasteiger partial charge in [-0.15, -0.1) is 0 Å². The van der Waals surface area contributed by atoms with E-state index in [1.807, 2.05) is 35.2 Å². The van der Waals surface area contributed by atoms with Crippen molar-refractivity contribution in [2.75, 3.05) is 51.6 Å². The number of likely N-dealkylation sites (tertiary alicyclic amines) is 3. The van der Waals surface area contributed by atoms with E-state index in [4.69, 9.17) is 0 Å². The highest BCUT2D eigenvalue weighted by Crippen LogP contribution is 2.62. The molecule has 3 amide bonds. The summed E-state index contributed by atoms with van der Waals surface area (Å²) in [6, 6.07) is 9.67. The van der Waals surface area contributed by atoms with E-state index in [1.165, 1.54) is 0 Å². The molecule has 3 saturated heterocycles. The molecule has 162 valence electrons. The first kappa shape index (κ1) is 19.9. The lowest BCUT2D eigenvalue weighted by Crippen LogP contribution is -2.50. The number of nitrogens with zero attached hydrogens (tertiary/aromatic N) is 3. The minimum atomic E-state index is -0.187. The van der Waals surface area contributed by atoms with Gasteiger partial charge in [-0.25, -0.2) is 4.79 Å². The van der Waals surface area contributed by atoms with Gasteiger partial charge in [0.15, 0.2) is 0 Å². The standard InChI is InChI=1S/C24H34N4O2/c1-26-17-20-23(9-10-24(20,18-26)21(29)27-13-5-6-14-27)11-15-28(16-12-23)22(30)25-19-7-3-2-4-8-19/h2-4,7-8,20H,5-6,9-18H2,1H3,(H,25,30)/t20-,24-/m1/s1. The Labute approximate surface area is 179 Å². The van der Waals surface area contributed by atoms with Crippen LogP contribution in [0, 0.1) is 16.7 Å². The highest BCUT2D eigenvalue weighted by molar-refractivity contribution is 5.89. The number of hydrogen-bond acceptors (Lipinski definition) is 3. The van der Waals surface area contributed by atoms with Gasteiger partial charge in [0.2, 0.25) is 5.91 Å². The number of piperidine rings is 1. The third-order valence-corrected chi connectivity index (χ3v) is 8.41. The normalized spacial score (nSPS) is 30.6. The van der Waals surface area contributed by atoms with Gasteiger partial charge in [0.05, 0.1) is 5.41 Å². The van der Waals surface area contributed by atoms with Crippen molar-refractivity contribution in [2.24, 2.45) is 16.7 Å². The van der Waals surface area contributed by atoms with Gasteiger partial charge in [0, 0.05) is 45.0 Å². The Kier molecular flexibility index (Phi) is 5.00. The number of hydrogen-bond donors (Lipinski definition) is 1. The molecule has 6 heteroatoms. The largest absolute Gasteiger partial charge is 0.342 e. The number of carbonyl (C=O) groups excluding carboxylic acids is 2. The summed E-state index contributed by atoms with van der Waals surface area (Å²) in [5.41, 5.74) is 0.869. The molecule has 6 nitrogen and oxygen atoms in total. The maximum atomic E-state index is 13.6. The van der Waals surface area contributed by atoms with Crippen LogP contribution < -0.4 is 5.32 Å². The average molecular weight is 411 g/mol. The van der Waals surface area contributed by atoms with Crippen LogP contribution in [-0.2, 0) is 4.79 Å². The van der Waals surface area contributed by atoms with Crippen molar-refractivity contribution < 1.29 is 9.59 Å². The number of para-hydroxylation sites is 1. The lowest BCUT2D eigenvalue weighted by Gasteiger charge is -2.44. The van der Waals surface area contributed by atoms with Crippen molar-refractivity contribution in [1.29, 1.82) is 0 Å². The Bertz CT molecular complexity index is 799. The van der Waals surface area contributed by atoms with Gasteiger partial charge in [-0.2, -0.15) is 0 Å². The molecular weight excluding hydrogens is 376 g/mol. The number of benzene rings is 1. The molecule has 30 heavy (non-hydrogen) atoms. The van der Waals surface area contributed by atoms with Crippen LogP contribution in [0.2, 0.25) is 0 Å². The average Bonchev–Trinajstić information content (AvgIpc) is 3.47. The minimum Gasteiger partial charge on any atom is -0.342 e. The van der Waals surface area contributed by atoms with Crippen LogP contribution in [0.25, 0.3) is 0 Å². The zero-order chi connectivity index (χ0) is 20.8. The third-order valence-electron chi connectivity index (χ3n) is 8.41. The first-order valence-corrected chi connectivity index (χ1v) is 11.6. The first-order chi connectivity index (χ1) is 14.5. The summed E-state index contributed by atoms with van der Waals surface area (Å²) in [4.78, 5) is 32.9. The fourth-order valence-corrected chi connectivity index (χ4v) is 6.86. The number of nitrogens with one attached hydrogen (secondary N) is 1. The van der Waals surface area contributed by atoms with Crippen molar-refractivity contribution >= 4 is 17.6 Å². The van der Waals surface area contributed by atoms with Crippen LogP contribution in [0.3, 0.4) is 0 Å². The summed E-state index contributed by atoms with van der Waals surface area (Å²) in [6.07, 6.45) is 6.50. The quantitative estimate of drug-likeness (QED) is 0.814. The second-order valence-corrected chi connectivity index (χ2v) is 10.1. The topological polar surface area (TPSA) is 55.9 Å². The molecule has 0 radical (unpaired) electrons.